The molecule has 0 saturated carbocycles. The standard InChI is InChI=1S/C13H16N2/c14-12-6-8-13(15,9-7-12)10-11-4-2-1-3-5-11/h1-8H,9-10,14-15H2. The first-order valence-corrected chi connectivity index (χ1v) is 5.16. The summed E-state index contributed by atoms with van der Waals surface area (Å²) in [4.78, 5) is 0. The van der Waals surface area contributed by atoms with Crippen molar-refractivity contribution in [3.05, 3.63) is 59.8 Å². The molecule has 15 heavy (non-hydrogen) atoms. The largest absolute Gasteiger partial charge is 0.399 e. The quantitative estimate of drug-likeness (QED) is 0.764. The fourth-order valence-corrected chi connectivity index (χ4v) is 1.81. The molecule has 1 aromatic carbocycles. The Morgan fingerprint density at radius 3 is 2.53 bits per heavy atom. The van der Waals surface area contributed by atoms with Crippen LogP contribution in [-0.2, 0) is 6.42 Å². The molecule has 4 N–H and O–H groups in total. The fraction of sp³-hybridized carbons (Fsp3) is 0.231. The van der Waals surface area contributed by atoms with E-state index < -0.39 is 0 Å². The van der Waals surface area contributed by atoms with Gasteiger partial charge in [0, 0.05) is 11.2 Å². The molecule has 0 aromatic heterocycles. The molecule has 1 aliphatic rings. The summed E-state index contributed by atoms with van der Waals surface area (Å²) in [5.74, 6) is 0. The van der Waals surface area contributed by atoms with Crippen molar-refractivity contribution in [1.82, 2.24) is 0 Å². The lowest BCUT2D eigenvalue weighted by Gasteiger charge is -2.27. The first kappa shape index (κ1) is 9.99. The molecular formula is C13H16N2. The highest BCUT2D eigenvalue weighted by molar-refractivity contribution is 5.30. The van der Waals surface area contributed by atoms with Gasteiger partial charge >= 0.3 is 0 Å². The lowest BCUT2D eigenvalue weighted by molar-refractivity contribution is 0.525. The van der Waals surface area contributed by atoms with Crippen LogP contribution >= 0.6 is 0 Å². The van der Waals surface area contributed by atoms with Gasteiger partial charge < -0.3 is 11.5 Å². The van der Waals surface area contributed by atoms with Crippen molar-refractivity contribution in [3.8, 4) is 0 Å². The van der Waals surface area contributed by atoms with E-state index in [9.17, 15) is 0 Å². The summed E-state index contributed by atoms with van der Waals surface area (Å²) in [5.41, 5.74) is 13.7. The van der Waals surface area contributed by atoms with Crippen LogP contribution in [0.3, 0.4) is 0 Å². The Morgan fingerprint density at radius 2 is 1.93 bits per heavy atom. The SMILES string of the molecule is NC1=CCC(N)(Cc2ccccc2)C=C1. The Kier molecular flexibility index (Phi) is 2.60. The minimum absolute atomic E-state index is 0.274. The summed E-state index contributed by atoms with van der Waals surface area (Å²) in [6, 6.07) is 10.3. The van der Waals surface area contributed by atoms with Gasteiger partial charge in [0.2, 0.25) is 0 Å². The van der Waals surface area contributed by atoms with E-state index in [-0.39, 0.29) is 5.54 Å². The Morgan fingerprint density at radius 1 is 1.20 bits per heavy atom. The molecular weight excluding hydrogens is 184 g/mol. The van der Waals surface area contributed by atoms with Crippen LogP contribution in [0.15, 0.2) is 54.3 Å². The number of hydrogen-bond donors (Lipinski definition) is 2. The Balaban J connectivity index is 2.10. The molecule has 0 spiro atoms. The van der Waals surface area contributed by atoms with Gasteiger partial charge in [-0.25, -0.2) is 0 Å². The van der Waals surface area contributed by atoms with E-state index in [4.69, 9.17) is 11.5 Å². The zero-order valence-electron chi connectivity index (χ0n) is 8.69. The third-order valence-corrected chi connectivity index (χ3v) is 2.70. The van der Waals surface area contributed by atoms with Crippen molar-refractivity contribution < 1.29 is 0 Å². The van der Waals surface area contributed by atoms with Crippen LogP contribution in [0.25, 0.3) is 0 Å². The van der Waals surface area contributed by atoms with Gasteiger partial charge in [0.1, 0.15) is 0 Å². The van der Waals surface area contributed by atoms with Gasteiger partial charge in [-0.3, -0.25) is 0 Å². The average molecular weight is 200 g/mol. The summed E-state index contributed by atoms with van der Waals surface area (Å²) < 4.78 is 0. The van der Waals surface area contributed by atoms with Crippen LogP contribution in [-0.4, -0.2) is 5.54 Å². The van der Waals surface area contributed by atoms with Crippen LogP contribution in [0.1, 0.15) is 12.0 Å². The van der Waals surface area contributed by atoms with Crippen LogP contribution in [0.4, 0.5) is 0 Å². The third kappa shape index (κ3) is 2.48. The second-order valence-corrected chi connectivity index (χ2v) is 4.14. The van der Waals surface area contributed by atoms with E-state index in [2.05, 4.69) is 12.1 Å². The van der Waals surface area contributed by atoms with Crippen molar-refractivity contribution in [3.63, 3.8) is 0 Å². The minimum atomic E-state index is -0.274. The molecule has 0 fully saturated rings. The van der Waals surface area contributed by atoms with E-state index in [0.717, 1.165) is 18.5 Å². The second kappa shape index (κ2) is 3.91. The van der Waals surface area contributed by atoms with E-state index in [1.165, 1.54) is 5.56 Å². The topological polar surface area (TPSA) is 52.0 Å². The van der Waals surface area contributed by atoms with Crippen LogP contribution in [0, 0.1) is 0 Å². The molecule has 2 heteroatoms. The van der Waals surface area contributed by atoms with Crippen LogP contribution < -0.4 is 11.5 Å². The van der Waals surface area contributed by atoms with Crippen LogP contribution in [0.2, 0.25) is 0 Å². The van der Waals surface area contributed by atoms with Crippen LogP contribution in [0.5, 0.6) is 0 Å². The zero-order chi connectivity index (χ0) is 10.7. The summed E-state index contributed by atoms with van der Waals surface area (Å²) in [6.07, 6.45) is 7.56. The molecule has 2 rings (SSSR count). The minimum Gasteiger partial charge on any atom is -0.399 e. The van der Waals surface area contributed by atoms with Gasteiger partial charge in [0.25, 0.3) is 0 Å². The lowest BCUT2D eigenvalue weighted by Crippen LogP contribution is -2.40. The Hall–Kier alpha value is -1.54. The molecule has 0 saturated heterocycles. The number of benzene rings is 1. The van der Waals surface area contributed by atoms with Gasteiger partial charge in [-0.15, -0.1) is 0 Å². The summed E-state index contributed by atoms with van der Waals surface area (Å²) in [7, 11) is 0. The van der Waals surface area contributed by atoms with Gasteiger partial charge in [-0.1, -0.05) is 42.5 Å². The second-order valence-electron chi connectivity index (χ2n) is 4.14. The smallest absolute Gasteiger partial charge is 0.0419 e. The van der Waals surface area contributed by atoms with Crippen molar-refractivity contribution in [2.24, 2.45) is 11.5 Å². The molecule has 78 valence electrons. The number of hydrogen-bond acceptors (Lipinski definition) is 2. The van der Waals surface area contributed by atoms with Gasteiger partial charge in [-0.2, -0.15) is 0 Å². The molecule has 1 aliphatic carbocycles. The summed E-state index contributed by atoms with van der Waals surface area (Å²) in [6.45, 7) is 0. The Labute approximate surface area is 90.3 Å². The van der Waals surface area contributed by atoms with Crippen molar-refractivity contribution >= 4 is 0 Å². The first-order chi connectivity index (χ1) is 7.18. The third-order valence-electron chi connectivity index (χ3n) is 2.70. The molecule has 2 nitrogen and oxygen atoms in total. The molecule has 0 bridgehead atoms. The predicted octanol–water partition coefficient (Wildman–Crippen LogP) is 1.73. The van der Waals surface area contributed by atoms with Crippen molar-refractivity contribution in [1.29, 1.82) is 0 Å². The van der Waals surface area contributed by atoms with Crippen molar-refractivity contribution in [2.45, 2.75) is 18.4 Å². The molecule has 1 atom stereocenters. The number of nitrogens with two attached hydrogens (primary N) is 2. The Bertz CT molecular complexity index is 392. The average Bonchev–Trinajstić information content (AvgIpc) is 2.24. The maximum absolute atomic E-state index is 6.27. The summed E-state index contributed by atoms with van der Waals surface area (Å²) >= 11 is 0. The highest BCUT2D eigenvalue weighted by Gasteiger charge is 2.22. The van der Waals surface area contributed by atoms with E-state index in [0.29, 0.717) is 0 Å². The number of rotatable bonds is 2. The molecule has 1 aromatic rings. The summed E-state index contributed by atoms with van der Waals surface area (Å²) in [5, 5.41) is 0. The number of allylic oxidation sites excluding steroid dienone is 1. The fourth-order valence-electron chi connectivity index (χ4n) is 1.81. The van der Waals surface area contributed by atoms with Crippen molar-refractivity contribution in [2.75, 3.05) is 0 Å². The maximum Gasteiger partial charge on any atom is 0.0419 e. The highest BCUT2D eigenvalue weighted by Crippen LogP contribution is 2.21. The lowest BCUT2D eigenvalue weighted by atomic mass is 9.85. The monoisotopic (exact) mass is 200 g/mol. The van der Waals surface area contributed by atoms with Gasteiger partial charge in [0.05, 0.1) is 0 Å². The molecule has 0 amide bonds. The highest BCUT2D eigenvalue weighted by atomic mass is 14.7. The zero-order valence-corrected chi connectivity index (χ0v) is 8.69. The molecule has 0 aliphatic heterocycles. The van der Waals surface area contributed by atoms with Gasteiger partial charge in [-0.05, 0) is 24.5 Å². The predicted molar refractivity (Wildman–Crippen MR) is 63.1 cm³/mol. The normalized spacial score (nSPS) is 25.0. The van der Waals surface area contributed by atoms with Gasteiger partial charge in [0.15, 0.2) is 0 Å². The maximum atomic E-state index is 6.27. The molecule has 1 unspecified atom stereocenters. The first-order valence-electron chi connectivity index (χ1n) is 5.16. The van der Waals surface area contributed by atoms with E-state index in [1.807, 2.05) is 36.4 Å². The van der Waals surface area contributed by atoms with E-state index >= 15 is 0 Å². The molecule has 0 radical (unpaired) electrons. The molecule has 0 heterocycles. The van der Waals surface area contributed by atoms with E-state index in [1.54, 1.807) is 0 Å².